The highest BCUT2D eigenvalue weighted by atomic mass is 79.9. The van der Waals surface area contributed by atoms with Gasteiger partial charge in [-0.2, -0.15) is 0 Å². The van der Waals surface area contributed by atoms with Crippen molar-refractivity contribution in [1.82, 2.24) is 0 Å². The van der Waals surface area contributed by atoms with Crippen molar-refractivity contribution in [2.75, 3.05) is 13.7 Å². The van der Waals surface area contributed by atoms with Crippen molar-refractivity contribution in [1.29, 1.82) is 0 Å². The second kappa shape index (κ2) is 5.49. The zero-order chi connectivity index (χ0) is 11.4. The monoisotopic (exact) mass is 273 g/mol. The number of ether oxygens (including phenoxy) is 1. The molecule has 0 saturated carbocycles. The summed E-state index contributed by atoms with van der Waals surface area (Å²) in [5, 5.41) is 9.96. The van der Waals surface area contributed by atoms with Crippen LogP contribution in [0.1, 0.15) is 23.7 Å². The summed E-state index contributed by atoms with van der Waals surface area (Å²) in [6.07, 6.45) is -0.0318. The Kier molecular flexibility index (Phi) is 4.57. The van der Waals surface area contributed by atoms with Gasteiger partial charge in [0.1, 0.15) is 5.75 Å². The largest absolute Gasteiger partial charge is 0.495 e. The third kappa shape index (κ3) is 2.71. The fourth-order valence-corrected chi connectivity index (χ4v) is 2.10. The first-order valence-electron chi connectivity index (χ1n) is 4.83. The van der Waals surface area contributed by atoms with E-state index in [1.54, 1.807) is 7.11 Å². The molecule has 3 nitrogen and oxygen atoms in total. The van der Waals surface area contributed by atoms with Gasteiger partial charge < -0.3 is 15.6 Å². The van der Waals surface area contributed by atoms with Crippen LogP contribution in [0.5, 0.6) is 5.75 Å². The molecular formula is C11H16BrNO2. The summed E-state index contributed by atoms with van der Waals surface area (Å²) < 4.78 is 6.13. The van der Waals surface area contributed by atoms with Crippen molar-refractivity contribution < 1.29 is 9.84 Å². The van der Waals surface area contributed by atoms with E-state index < -0.39 is 6.10 Å². The molecule has 0 radical (unpaired) electrons. The van der Waals surface area contributed by atoms with E-state index in [-0.39, 0.29) is 0 Å². The highest BCUT2D eigenvalue weighted by molar-refractivity contribution is 9.10. The van der Waals surface area contributed by atoms with Crippen molar-refractivity contribution in [2.24, 2.45) is 5.73 Å². The summed E-state index contributed by atoms with van der Waals surface area (Å²) in [6, 6.07) is 3.86. The van der Waals surface area contributed by atoms with E-state index in [1.807, 2.05) is 19.1 Å². The fraction of sp³-hybridized carbons (Fsp3) is 0.455. The van der Waals surface area contributed by atoms with Gasteiger partial charge in [-0.1, -0.05) is 6.07 Å². The molecular weight excluding hydrogens is 258 g/mol. The van der Waals surface area contributed by atoms with Crippen LogP contribution in [-0.4, -0.2) is 18.8 Å². The van der Waals surface area contributed by atoms with Crippen molar-refractivity contribution in [3.63, 3.8) is 0 Å². The average molecular weight is 274 g/mol. The van der Waals surface area contributed by atoms with Gasteiger partial charge >= 0.3 is 0 Å². The molecule has 0 heterocycles. The Morgan fingerprint density at radius 2 is 2.20 bits per heavy atom. The molecule has 0 saturated heterocycles. The number of benzene rings is 1. The molecule has 1 unspecified atom stereocenters. The maximum Gasteiger partial charge on any atom is 0.139 e. The molecule has 4 heteroatoms. The van der Waals surface area contributed by atoms with Crippen LogP contribution >= 0.6 is 15.9 Å². The van der Waals surface area contributed by atoms with Crippen LogP contribution in [0, 0.1) is 6.92 Å². The van der Waals surface area contributed by atoms with Gasteiger partial charge in [0.2, 0.25) is 0 Å². The summed E-state index contributed by atoms with van der Waals surface area (Å²) in [4.78, 5) is 0. The molecule has 3 N–H and O–H groups in total. The van der Waals surface area contributed by atoms with Crippen molar-refractivity contribution in [3.8, 4) is 5.75 Å². The van der Waals surface area contributed by atoms with E-state index in [0.29, 0.717) is 18.7 Å². The fourth-order valence-electron chi connectivity index (χ4n) is 1.60. The predicted octanol–water partition coefficient (Wildman–Crippen LogP) is 2.15. The number of nitrogens with two attached hydrogens (primary N) is 1. The van der Waals surface area contributed by atoms with Crippen molar-refractivity contribution in [2.45, 2.75) is 19.4 Å². The molecule has 0 aliphatic carbocycles. The predicted molar refractivity (Wildman–Crippen MR) is 64.1 cm³/mol. The third-order valence-corrected chi connectivity index (χ3v) is 2.97. The van der Waals surface area contributed by atoms with E-state index in [9.17, 15) is 5.11 Å². The number of methoxy groups -OCH3 is 1. The van der Waals surface area contributed by atoms with Gasteiger partial charge in [0.25, 0.3) is 0 Å². The minimum Gasteiger partial charge on any atom is -0.495 e. The molecule has 0 amide bonds. The quantitative estimate of drug-likeness (QED) is 0.884. The Morgan fingerprint density at radius 3 is 2.73 bits per heavy atom. The van der Waals surface area contributed by atoms with Crippen LogP contribution in [0.4, 0.5) is 0 Å². The average Bonchev–Trinajstić information content (AvgIpc) is 2.21. The van der Waals surface area contributed by atoms with E-state index in [4.69, 9.17) is 10.5 Å². The van der Waals surface area contributed by atoms with E-state index in [0.717, 1.165) is 15.6 Å². The number of halogens is 1. The van der Waals surface area contributed by atoms with Gasteiger partial charge in [-0.15, -0.1) is 0 Å². The van der Waals surface area contributed by atoms with Crippen LogP contribution in [0.3, 0.4) is 0 Å². The van der Waals surface area contributed by atoms with Crippen LogP contribution < -0.4 is 10.5 Å². The first-order chi connectivity index (χ1) is 7.11. The lowest BCUT2D eigenvalue weighted by molar-refractivity contribution is 0.165. The second-order valence-corrected chi connectivity index (χ2v) is 4.26. The van der Waals surface area contributed by atoms with Gasteiger partial charge in [-0.25, -0.2) is 0 Å². The number of aliphatic hydroxyl groups excluding tert-OH is 1. The molecule has 1 aromatic rings. The molecule has 0 aromatic heterocycles. The molecule has 15 heavy (non-hydrogen) atoms. The molecule has 0 spiro atoms. The van der Waals surface area contributed by atoms with Crippen LogP contribution in [0.15, 0.2) is 16.6 Å². The van der Waals surface area contributed by atoms with Gasteiger partial charge in [0.05, 0.1) is 17.7 Å². The lowest BCUT2D eigenvalue weighted by Crippen LogP contribution is -2.09. The maximum absolute atomic E-state index is 9.96. The van der Waals surface area contributed by atoms with Crippen LogP contribution in [0.2, 0.25) is 0 Å². The van der Waals surface area contributed by atoms with Crippen molar-refractivity contribution in [3.05, 3.63) is 27.7 Å². The smallest absolute Gasteiger partial charge is 0.139 e. The first kappa shape index (κ1) is 12.5. The lowest BCUT2D eigenvalue weighted by Gasteiger charge is -2.17. The minimum absolute atomic E-state index is 0.455. The molecule has 0 aliphatic rings. The number of hydrogen-bond acceptors (Lipinski definition) is 3. The summed E-state index contributed by atoms with van der Waals surface area (Å²) in [6.45, 7) is 2.40. The van der Waals surface area contributed by atoms with E-state index in [1.165, 1.54) is 0 Å². The minimum atomic E-state index is -0.567. The highest BCUT2D eigenvalue weighted by Crippen LogP contribution is 2.36. The van der Waals surface area contributed by atoms with Gasteiger partial charge in [-0.05, 0) is 47.4 Å². The molecule has 0 bridgehead atoms. The summed E-state index contributed by atoms with van der Waals surface area (Å²) in [5.41, 5.74) is 7.26. The maximum atomic E-state index is 9.96. The number of aliphatic hydroxyl groups is 1. The van der Waals surface area contributed by atoms with Crippen LogP contribution in [-0.2, 0) is 0 Å². The summed E-state index contributed by atoms with van der Waals surface area (Å²) >= 11 is 3.39. The van der Waals surface area contributed by atoms with E-state index in [2.05, 4.69) is 15.9 Å². The van der Waals surface area contributed by atoms with Crippen molar-refractivity contribution >= 4 is 15.9 Å². The molecule has 0 fully saturated rings. The molecule has 84 valence electrons. The topological polar surface area (TPSA) is 55.5 Å². The molecule has 1 aromatic carbocycles. The summed E-state index contributed by atoms with van der Waals surface area (Å²) in [5.74, 6) is 0.691. The van der Waals surface area contributed by atoms with Gasteiger partial charge in [0.15, 0.2) is 0 Å². The third-order valence-electron chi connectivity index (χ3n) is 2.34. The number of aryl methyl sites for hydroxylation is 1. The molecule has 1 atom stereocenters. The van der Waals surface area contributed by atoms with Crippen LogP contribution in [0.25, 0.3) is 0 Å². The zero-order valence-corrected chi connectivity index (χ0v) is 10.5. The first-order valence-corrected chi connectivity index (χ1v) is 5.62. The Hall–Kier alpha value is -0.580. The highest BCUT2D eigenvalue weighted by Gasteiger charge is 2.17. The van der Waals surface area contributed by atoms with Gasteiger partial charge in [0, 0.05) is 5.56 Å². The zero-order valence-electron chi connectivity index (χ0n) is 8.96. The lowest BCUT2D eigenvalue weighted by atomic mass is 10.00. The van der Waals surface area contributed by atoms with E-state index >= 15 is 0 Å². The standard InChI is InChI=1S/C11H16BrNO2/c1-7-3-4-8(12)11(15-2)10(7)9(14)5-6-13/h3-4,9,14H,5-6,13H2,1-2H3. The Bertz CT molecular complexity index is 342. The number of rotatable bonds is 4. The molecule has 1 rings (SSSR count). The summed E-state index contributed by atoms with van der Waals surface area (Å²) in [7, 11) is 1.60. The second-order valence-electron chi connectivity index (χ2n) is 3.40. The Labute approximate surface area is 98.4 Å². The normalized spacial score (nSPS) is 12.6. The Morgan fingerprint density at radius 1 is 1.53 bits per heavy atom. The van der Waals surface area contributed by atoms with Gasteiger partial charge in [-0.3, -0.25) is 0 Å². The molecule has 0 aliphatic heterocycles. The SMILES string of the molecule is COc1c(Br)ccc(C)c1C(O)CCN. The Balaban J connectivity index is 3.18. The number of hydrogen-bond donors (Lipinski definition) is 2.